The highest BCUT2D eigenvalue weighted by Crippen LogP contribution is 2.16. The molecule has 0 spiro atoms. The molecule has 0 amide bonds. The summed E-state index contributed by atoms with van der Waals surface area (Å²) in [5, 5.41) is 0. The molecule has 0 aromatic carbocycles. The van der Waals surface area contributed by atoms with Crippen LogP contribution in [-0.2, 0) is 28.6 Å². The van der Waals surface area contributed by atoms with Crippen molar-refractivity contribution in [2.45, 2.75) is 284 Å². The number of hydrogen-bond donors (Lipinski definition) is 0. The van der Waals surface area contributed by atoms with Gasteiger partial charge in [-0.05, 0) is 19.3 Å². The molecule has 326 valence electrons. The summed E-state index contributed by atoms with van der Waals surface area (Å²) in [6.45, 7) is 6.65. The molecule has 0 fully saturated rings. The number of esters is 3. The zero-order valence-corrected chi connectivity index (χ0v) is 37.2. The molecule has 0 N–H and O–H groups in total. The van der Waals surface area contributed by atoms with Crippen molar-refractivity contribution in [3.8, 4) is 0 Å². The first-order valence-corrected chi connectivity index (χ1v) is 24.5. The molecule has 55 heavy (non-hydrogen) atoms. The van der Waals surface area contributed by atoms with Gasteiger partial charge < -0.3 is 14.2 Å². The molecule has 0 aliphatic rings. The Morgan fingerprint density at radius 2 is 0.491 bits per heavy atom. The van der Waals surface area contributed by atoms with Crippen molar-refractivity contribution >= 4 is 17.9 Å². The van der Waals surface area contributed by atoms with Crippen LogP contribution in [0.2, 0.25) is 0 Å². The van der Waals surface area contributed by atoms with Crippen molar-refractivity contribution in [2.75, 3.05) is 13.2 Å². The standard InChI is InChI=1S/C49H94O6/c1-4-7-10-13-16-19-21-23-24-25-26-28-31-34-37-40-43-49(52)55-46(44-53-47(50)41-38-35-32-29-18-15-12-9-6-3)45-54-48(51)42-39-36-33-30-27-22-20-17-14-11-8-5-2/h46H,4-45H2,1-3H3/t46-/m0/s1. The lowest BCUT2D eigenvalue weighted by Gasteiger charge is -2.18. The first-order valence-electron chi connectivity index (χ1n) is 24.5. The van der Waals surface area contributed by atoms with Gasteiger partial charge in [0.05, 0.1) is 0 Å². The number of unbranched alkanes of at least 4 members (excludes halogenated alkanes) is 34. The van der Waals surface area contributed by atoms with Gasteiger partial charge in [-0.25, -0.2) is 0 Å². The molecule has 0 rings (SSSR count). The molecular weight excluding hydrogens is 685 g/mol. The van der Waals surface area contributed by atoms with Gasteiger partial charge in [-0.2, -0.15) is 0 Å². The maximum Gasteiger partial charge on any atom is 0.306 e. The largest absolute Gasteiger partial charge is 0.462 e. The van der Waals surface area contributed by atoms with Crippen LogP contribution in [0.25, 0.3) is 0 Å². The molecule has 6 heteroatoms. The van der Waals surface area contributed by atoms with E-state index >= 15 is 0 Å². The number of hydrogen-bond acceptors (Lipinski definition) is 6. The highest BCUT2D eigenvalue weighted by atomic mass is 16.6. The Morgan fingerprint density at radius 1 is 0.291 bits per heavy atom. The van der Waals surface area contributed by atoms with Crippen molar-refractivity contribution in [2.24, 2.45) is 0 Å². The quantitative estimate of drug-likeness (QED) is 0.0348. The Labute approximate surface area is 342 Å². The van der Waals surface area contributed by atoms with E-state index in [0.29, 0.717) is 19.3 Å². The van der Waals surface area contributed by atoms with E-state index in [0.717, 1.165) is 57.8 Å². The van der Waals surface area contributed by atoms with Crippen molar-refractivity contribution in [1.82, 2.24) is 0 Å². The zero-order valence-electron chi connectivity index (χ0n) is 37.2. The topological polar surface area (TPSA) is 78.9 Å². The lowest BCUT2D eigenvalue weighted by molar-refractivity contribution is -0.167. The monoisotopic (exact) mass is 779 g/mol. The van der Waals surface area contributed by atoms with Crippen LogP contribution < -0.4 is 0 Å². The Kier molecular flexibility index (Phi) is 43.8. The number of carbonyl (C=O) groups excluding carboxylic acids is 3. The van der Waals surface area contributed by atoms with Gasteiger partial charge in [0.25, 0.3) is 0 Å². The second-order valence-corrected chi connectivity index (χ2v) is 16.7. The predicted molar refractivity (Wildman–Crippen MR) is 233 cm³/mol. The van der Waals surface area contributed by atoms with Crippen molar-refractivity contribution in [3.05, 3.63) is 0 Å². The minimum atomic E-state index is -0.758. The third-order valence-electron chi connectivity index (χ3n) is 11.1. The second-order valence-electron chi connectivity index (χ2n) is 16.7. The van der Waals surface area contributed by atoms with E-state index in [1.165, 1.54) is 180 Å². The third kappa shape index (κ3) is 43.4. The van der Waals surface area contributed by atoms with Gasteiger partial charge in [0.15, 0.2) is 6.10 Å². The summed E-state index contributed by atoms with van der Waals surface area (Å²) in [6, 6.07) is 0. The molecule has 0 unspecified atom stereocenters. The van der Waals surface area contributed by atoms with Crippen LogP contribution in [-0.4, -0.2) is 37.2 Å². The summed E-state index contributed by atoms with van der Waals surface area (Å²) < 4.78 is 16.7. The van der Waals surface area contributed by atoms with Gasteiger partial charge in [0.1, 0.15) is 13.2 Å². The molecule has 0 aliphatic carbocycles. The van der Waals surface area contributed by atoms with E-state index in [2.05, 4.69) is 20.8 Å². The molecular formula is C49H94O6. The summed E-state index contributed by atoms with van der Waals surface area (Å²) in [6.07, 6.45) is 46.5. The minimum Gasteiger partial charge on any atom is -0.462 e. The third-order valence-corrected chi connectivity index (χ3v) is 11.1. The number of ether oxygens (including phenoxy) is 3. The Morgan fingerprint density at radius 3 is 0.727 bits per heavy atom. The van der Waals surface area contributed by atoms with Gasteiger partial charge in [0.2, 0.25) is 0 Å². The molecule has 0 aromatic rings. The number of rotatable bonds is 45. The molecule has 0 saturated heterocycles. The molecule has 0 heterocycles. The van der Waals surface area contributed by atoms with Crippen LogP contribution in [0.4, 0.5) is 0 Å². The van der Waals surface area contributed by atoms with E-state index in [1.54, 1.807) is 0 Å². The molecule has 0 aliphatic heterocycles. The predicted octanol–water partition coefficient (Wildman–Crippen LogP) is 15.6. The Bertz CT molecular complexity index is 813. The molecule has 6 nitrogen and oxygen atoms in total. The van der Waals surface area contributed by atoms with Gasteiger partial charge in [-0.1, -0.05) is 239 Å². The van der Waals surface area contributed by atoms with E-state index in [4.69, 9.17) is 14.2 Å². The Balaban J connectivity index is 4.27. The normalized spacial score (nSPS) is 11.8. The summed E-state index contributed by atoms with van der Waals surface area (Å²) in [7, 11) is 0. The Hall–Kier alpha value is -1.59. The fourth-order valence-electron chi connectivity index (χ4n) is 7.38. The minimum absolute atomic E-state index is 0.0624. The fourth-order valence-corrected chi connectivity index (χ4v) is 7.38. The highest BCUT2D eigenvalue weighted by Gasteiger charge is 2.19. The molecule has 0 aromatic heterocycles. The van der Waals surface area contributed by atoms with Crippen LogP contribution in [0, 0.1) is 0 Å². The average molecular weight is 779 g/mol. The van der Waals surface area contributed by atoms with Crippen molar-refractivity contribution < 1.29 is 28.6 Å². The lowest BCUT2D eigenvalue weighted by Crippen LogP contribution is -2.30. The molecule has 0 saturated carbocycles. The van der Waals surface area contributed by atoms with E-state index in [-0.39, 0.29) is 31.1 Å². The smallest absolute Gasteiger partial charge is 0.306 e. The van der Waals surface area contributed by atoms with Crippen LogP contribution in [0.5, 0.6) is 0 Å². The average Bonchev–Trinajstić information content (AvgIpc) is 3.18. The van der Waals surface area contributed by atoms with Gasteiger partial charge in [0, 0.05) is 19.3 Å². The molecule has 0 radical (unpaired) electrons. The van der Waals surface area contributed by atoms with Crippen LogP contribution in [0.1, 0.15) is 278 Å². The summed E-state index contributed by atoms with van der Waals surface area (Å²) in [5.41, 5.74) is 0. The van der Waals surface area contributed by atoms with Crippen LogP contribution in [0.3, 0.4) is 0 Å². The molecule has 1 atom stereocenters. The highest BCUT2D eigenvalue weighted by molar-refractivity contribution is 5.71. The van der Waals surface area contributed by atoms with Gasteiger partial charge >= 0.3 is 17.9 Å². The first kappa shape index (κ1) is 53.4. The summed E-state index contributed by atoms with van der Waals surface area (Å²) in [4.78, 5) is 37.7. The maximum absolute atomic E-state index is 12.7. The van der Waals surface area contributed by atoms with Crippen LogP contribution >= 0.6 is 0 Å². The van der Waals surface area contributed by atoms with Gasteiger partial charge in [-0.15, -0.1) is 0 Å². The van der Waals surface area contributed by atoms with E-state index < -0.39 is 6.10 Å². The maximum atomic E-state index is 12.7. The molecule has 0 bridgehead atoms. The number of carbonyl (C=O) groups is 3. The first-order chi connectivity index (χ1) is 27.0. The van der Waals surface area contributed by atoms with E-state index in [1.807, 2.05) is 0 Å². The summed E-state index contributed by atoms with van der Waals surface area (Å²) in [5.74, 6) is -0.848. The van der Waals surface area contributed by atoms with Crippen LogP contribution in [0.15, 0.2) is 0 Å². The fraction of sp³-hybridized carbons (Fsp3) is 0.939. The summed E-state index contributed by atoms with van der Waals surface area (Å²) >= 11 is 0. The lowest BCUT2D eigenvalue weighted by atomic mass is 10.0. The SMILES string of the molecule is CCCCCCCCCCCCCCCCCCC(=O)O[C@@H](COC(=O)CCCCCCCCCCC)COC(=O)CCCCCCCCCCCCCC. The van der Waals surface area contributed by atoms with Crippen molar-refractivity contribution in [3.63, 3.8) is 0 Å². The van der Waals surface area contributed by atoms with Gasteiger partial charge in [-0.3, -0.25) is 14.4 Å². The zero-order chi connectivity index (χ0) is 40.1. The van der Waals surface area contributed by atoms with E-state index in [9.17, 15) is 14.4 Å². The van der Waals surface area contributed by atoms with Crippen molar-refractivity contribution in [1.29, 1.82) is 0 Å². The second kappa shape index (κ2) is 45.1.